The van der Waals surface area contributed by atoms with Crippen LogP contribution in [0, 0.1) is 5.41 Å². The Hall–Kier alpha value is -1.75. The number of benzene rings is 1. The molecule has 0 bridgehead atoms. The summed E-state index contributed by atoms with van der Waals surface area (Å²) in [6, 6.07) is 4.63. The van der Waals surface area contributed by atoms with Gasteiger partial charge in [-0.1, -0.05) is 19.9 Å². The number of rotatable bonds is 5. The molecule has 1 aliphatic rings. The number of carboxylic acid groups (broad SMARTS) is 1. The molecule has 1 saturated carbocycles. The summed E-state index contributed by atoms with van der Waals surface area (Å²) in [5, 5.41) is 19.1. The number of phenols is 1. The van der Waals surface area contributed by atoms with Crippen molar-refractivity contribution >= 4 is 5.97 Å². The van der Waals surface area contributed by atoms with Crippen LogP contribution in [0.25, 0.3) is 0 Å². The van der Waals surface area contributed by atoms with E-state index in [2.05, 4.69) is 13.8 Å². The van der Waals surface area contributed by atoms with Gasteiger partial charge in [-0.3, -0.25) is 4.79 Å². The topological polar surface area (TPSA) is 92.8 Å². The lowest BCUT2D eigenvalue weighted by molar-refractivity contribution is -0.138. The van der Waals surface area contributed by atoms with Gasteiger partial charge in [0.1, 0.15) is 0 Å². The first-order valence-corrected chi connectivity index (χ1v) is 7.25. The Bertz CT molecular complexity index is 527. The second-order valence-corrected chi connectivity index (χ2v) is 6.50. The third-order valence-corrected chi connectivity index (χ3v) is 4.14. The van der Waals surface area contributed by atoms with Crippen LogP contribution in [0.5, 0.6) is 11.5 Å². The fraction of sp³-hybridized carbons (Fsp3) is 0.562. The van der Waals surface area contributed by atoms with Crippen LogP contribution in [0.4, 0.5) is 0 Å². The standard InChI is InChI=1S/C16H23NO4/c1-16(2)6-5-11(8-16)21-14-7-10(3-4-13(14)18)12(9-17)15(19)20/h3-4,7,11-12,18H,5-6,8-9,17H2,1-2H3,(H,19,20). The molecule has 4 N–H and O–H groups in total. The summed E-state index contributed by atoms with van der Waals surface area (Å²) < 4.78 is 5.87. The molecule has 2 rings (SSSR count). The largest absolute Gasteiger partial charge is 0.504 e. The van der Waals surface area contributed by atoms with Crippen LogP contribution in [0.3, 0.4) is 0 Å². The minimum atomic E-state index is -0.976. The van der Waals surface area contributed by atoms with E-state index in [0.29, 0.717) is 11.3 Å². The summed E-state index contributed by atoms with van der Waals surface area (Å²) in [6.45, 7) is 4.40. The van der Waals surface area contributed by atoms with Crippen LogP contribution in [0.2, 0.25) is 0 Å². The molecule has 0 saturated heterocycles. The zero-order chi connectivity index (χ0) is 15.6. The average molecular weight is 293 g/mol. The summed E-state index contributed by atoms with van der Waals surface area (Å²) in [7, 11) is 0. The summed E-state index contributed by atoms with van der Waals surface area (Å²) in [4.78, 5) is 11.2. The predicted octanol–water partition coefficient (Wildman–Crippen LogP) is 2.48. The van der Waals surface area contributed by atoms with E-state index < -0.39 is 11.9 Å². The number of phenolic OH excluding ortho intramolecular Hbond substituents is 1. The van der Waals surface area contributed by atoms with Crippen LogP contribution >= 0.6 is 0 Å². The summed E-state index contributed by atoms with van der Waals surface area (Å²) in [6.07, 6.45) is 3.01. The Morgan fingerprint density at radius 3 is 2.76 bits per heavy atom. The molecule has 2 atom stereocenters. The minimum absolute atomic E-state index is 0.00993. The fourth-order valence-corrected chi connectivity index (χ4v) is 2.87. The second-order valence-electron chi connectivity index (χ2n) is 6.50. The number of carbonyl (C=O) groups is 1. The molecule has 1 aromatic carbocycles. The molecule has 0 amide bonds. The van der Waals surface area contributed by atoms with Gasteiger partial charge in [0.15, 0.2) is 11.5 Å². The maximum atomic E-state index is 11.2. The van der Waals surface area contributed by atoms with Gasteiger partial charge >= 0.3 is 5.97 Å². The van der Waals surface area contributed by atoms with Crippen molar-refractivity contribution in [1.82, 2.24) is 0 Å². The predicted molar refractivity (Wildman–Crippen MR) is 79.6 cm³/mol. The molecule has 5 nitrogen and oxygen atoms in total. The highest BCUT2D eigenvalue weighted by molar-refractivity contribution is 5.76. The van der Waals surface area contributed by atoms with Gasteiger partial charge in [-0.2, -0.15) is 0 Å². The summed E-state index contributed by atoms with van der Waals surface area (Å²) >= 11 is 0. The third-order valence-electron chi connectivity index (χ3n) is 4.14. The molecule has 21 heavy (non-hydrogen) atoms. The van der Waals surface area contributed by atoms with Crippen molar-refractivity contribution in [2.45, 2.75) is 45.1 Å². The number of hydrogen-bond acceptors (Lipinski definition) is 4. The van der Waals surface area contributed by atoms with Gasteiger partial charge < -0.3 is 20.7 Å². The molecule has 1 fully saturated rings. The number of nitrogens with two attached hydrogens (primary N) is 1. The number of ether oxygens (including phenoxy) is 1. The summed E-state index contributed by atoms with van der Waals surface area (Å²) in [5.74, 6) is -1.39. The first kappa shape index (κ1) is 15.6. The highest BCUT2D eigenvalue weighted by Crippen LogP contribution is 2.40. The van der Waals surface area contributed by atoms with Crippen molar-refractivity contribution in [3.8, 4) is 11.5 Å². The number of hydrogen-bond donors (Lipinski definition) is 3. The van der Waals surface area contributed by atoms with Gasteiger partial charge in [0.2, 0.25) is 0 Å². The molecule has 0 heterocycles. The Labute approximate surface area is 124 Å². The Balaban J connectivity index is 2.18. The van der Waals surface area contributed by atoms with Gasteiger partial charge in [-0.25, -0.2) is 0 Å². The van der Waals surface area contributed by atoms with E-state index in [4.69, 9.17) is 15.6 Å². The van der Waals surface area contributed by atoms with E-state index in [0.717, 1.165) is 19.3 Å². The van der Waals surface area contributed by atoms with Gasteiger partial charge in [-0.15, -0.1) is 0 Å². The van der Waals surface area contributed by atoms with E-state index >= 15 is 0 Å². The monoisotopic (exact) mass is 293 g/mol. The molecule has 0 radical (unpaired) electrons. The lowest BCUT2D eigenvalue weighted by atomic mass is 9.92. The van der Waals surface area contributed by atoms with E-state index in [1.165, 1.54) is 6.07 Å². The zero-order valence-corrected chi connectivity index (χ0v) is 12.5. The fourth-order valence-electron chi connectivity index (χ4n) is 2.87. The summed E-state index contributed by atoms with van der Waals surface area (Å²) in [5.41, 5.74) is 6.31. The molecule has 1 aromatic rings. The molecule has 0 aromatic heterocycles. The molecule has 0 spiro atoms. The normalized spacial score (nSPS) is 22.0. The smallest absolute Gasteiger partial charge is 0.312 e. The van der Waals surface area contributed by atoms with Crippen molar-refractivity contribution in [2.75, 3.05) is 6.54 Å². The lowest BCUT2D eigenvalue weighted by Gasteiger charge is -2.19. The van der Waals surface area contributed by atoms with Crippen LogP contribution in [0.1, 0.15) is 44.6 Å². The van der Waals surface area contributed by atoms with Crippen molar-refractivity contribution in [1.29, 1.82) is 0 Å². The van der Waals surface area contributed by atoms with Crippen LogP contribution in [-0.2, 0) is 4.79 Å². The van der Waals surface area contributed by atoms with E-state index in [1.54, 1.807) is 12.1 Å². The van der Waals surface area contributed by atoms with Gasteiger partial charge in [-0.05, 0) is 42.4 Å². The molecular formula is C16H23NO4. The second kappa shape index (κ2) is 5.93. The van der Waals surface area contributed by atoms with Crippen LogP contribution in [-0.4, -0.2) is 28.8 Å². The SMILES string of the molecule is CC1(C)CCC(Oc2cc(C(CN)C(=O)O)ccc2O)C1. The molecule has 5 heteroatoms. The molecule has 116 valence electrons. The third kappa shape index (κ3) is 3.67. The first-order chi connectivity index (χ1) is 9.82. The number of carboxylic acids is 1. The maximum absolute atomic E-state index is 11.2. The molecule has 2 unspecified atom stereocenters. The van der Waals surface area contributed by atoms with Crippen molar-refractivity contribution < 1.29 is 19.7 Å². The highest BCUT2D eigenvalue weighted by atomic mass is 16.5. The zero-order valence-electron chi connectivity index (χ0n) is 12.5. The van der Waals surface area contributed by atoms with Crippen molar-refractivity contribution in [2.24, 2.45) is 11.1 Å². The van der Waals surface area contributed by atoms with E-state index in [-0.39, 0.29) is 23.8 Å². The number of aliphatic carboxylic acids is 1. The van der Waals surface area contributed by atoms with Crippen LogP contribution < -0.4 is 10.5 Å². The Morgan fingerprint density at radius 1 is 1.52 bits per heavy atom. The Morgan fingerprint density at radius 2 is 2.24 bits per heavy atom. The van der Waals surface area contributed by atoms with Gasteiger partial charge in [0.05, 0.1) is 12.0 Å². The molecule has 0 aliphatic heterocycles. The van der Waals surface area contributed by atoms with E-state index in [9.17, 15) is 9.90 Å². The lowest BCUT2D eigenvalue weighted by Crippen LogP contribution is -2.21. The van der Waals surface area contributed by atoms with Crippen molar-refractivity contribution in [3.05, 3.63) is 23.8 Å². The Kier molecular flexibility index (Phi) is 4.42. The van der Waals surface area contributed by atoms with E-state index in [1.807, 2.05) is 0 Å². The van der Waals surface area contributed by atoms with Gasteiger partial charge in [0.25, 0.3) is 0 Å². The van der Waals surface area contributed by atoms with Gasteiger partial charge in [0, 0.05) is 6.54 Å². The highest BCUT2D eigenvalue weighted by Gasteiger charge is 2.32. The van der Waals surface area contributed by atoms with Crippen LogP contribution in [0.15, 0.2) is 18.2 Å². The first-order valence-electron chi connectivity index (χ1n) is 7.25. The quantitative estimate of drug-likeness (QED) is 0.775. The molecular weight excluding hydrogens is 270 g/mol. The van der Waals surface area contributed by atoms with Crippen molar-refractivity contribution in [3.63, 3.8) is 0 Å². The minimum Gasteiger partial charge on any atom is -0.504 e. The maximum Gasteiger partial charge on any atom is 0.312 e. The molecule has 1 aliphatic carbocycles. The average Bonchev–Trinajstić information content (AvgIpc) is 2.73. The number of aromatic hydroxyl groups is 1.